The predicted molar refractivity (Wildman–Crippen MR) is 84.0 cm³/mol. The Balaban J connectivity index is 1.69. The van der Waals surface area contributed by atoms with Gasteiger partial charge in [-0.2, -0.15) is 11.3 Å². The van der Waals surface area contributed by atoms with Gasteiger partial charge in [-0.15, -0.1) is 0 Å². The highest BCUT2D eigenvalue weighted by atomic mass is 35.5. The standard InChI is InChI=1S/C14H15Cl2NO2S/c15-13-2-1-12(5-14(13)16)19-8-11(18)7-17-6-10-3-4-20-9-10/h1-5,9,11,17-18H,6-8H2. The third-order valence-electron chi connectivity index (χ3n) is 2.62. The van der Waals surface area contributed by atoms with Crippen LogP contribution >= 0.6 is 34.5 Å². The zero-order valence-corrected chi connectivity index (χ0v) is 13.0. The molecule has 2 N–H and O–H groups in total. The molecule has 1 unspecified atom stereocenters. The second-order valence-corrected chi connectivity index (χ2v) is 5.90. The number of nitrogens with one attached hydrogen (secondary N) is 1. The topological polar surface area (TPSA) is 41.5 Å². The minimum Gasteiger partial charge on any atom is -0.491 e. The Labute approximate surface area is 132 Å². The molecule has 3 nitrogen and oxygen atoms in total. The molecule has 0 fully saturated rings. The molecule has 0 aliphatic rings. The molecule has 0 saturated carbocycles. The Kier molecular flexibility index (Phi) is 6.13. The first-order valence-corrected chi connectivity index (χ1v) is 7.82. The molecule has 1 aromatic heterocycles. The number of hydrogen-bond donors (Lipinski definition) is 2. The number of rotatable bonds is 7. The molecule has 0 spiro atoms. The van der Waals surface area contributed by atoms with Gasteiger partial charge in [0.25, 0.3) is 0 Å². The number of hydrogen-bond acceptors (Lipinski definition) is 4. The van der Waals surface area contributed by atoms with Crippen LogP contribution in [0.3, 0.4) is 0 Å². The second kappa shape index (κ2) is 7.86. The molecule has 0 saturated heterocycles. The maximum atomic E-state index is 9.82. The van der Waals surface area contributed by atoms with Gasteiger partial charge >= 0.3 is 0 Å². The molecule has 20 heavy (non-hydrogen) atoms. The quantitative estimate of drug-likeness (QED) is 0.814. The Morgan fingerprint density at radius 3 is 2.80 bits per heavy atom. The number of ether oxygens (including phenoxy) is 1. The Morgan fingerprint density at radius 1 is 1.25 bits per heavy atom. The summed E-state index contributed by atoms with van der Waals surface area (Å²) >= 11 is 13.4. The summed E-state index contributed by atoms with van der Waals surface area (Å²) in [4.78, 5) is 0. The molecule has 2 aromatic rings. The van der Waals surface area contributed by atoms with E-state index in [1.165, 1.54) is 5.56 Å². The predicted octanol–water partition coefficient (Wildman–Crippen LogP) is 3.58. The number of halogens is 2. The van der Waals surface area contributed by atoms with E-state index in [4.69, 9.17) is 27.9 Å². The summed E-state index contributed by atoms with van der Waals surface area (Å²) in [7, 11) is 0. The van der Waals surface area contributed by atoms with Crippen molar-refractivity contribution in [3.05, 3.63) is 50.6 Å². The molecule has 1 aromatic carbocycles. The first kappa shape index (κ1) is 15.6. The summed E-state index contributed by atoms with van der Waals surface area (Å²) in [5.74, 6) is 0.594. The van der Waals surface area contributed by atoms with E-state index in [0.29, 0.717) is 22.3 Å². The van der Waals surface area contributed by atoms with Crippen LogP contribution < -0.4 is 10.1 Å². The largest absolute Gasteiger partial charge is 0.491 e. The maximum Gasteiger partial charge on any atom is 0.121 e. The lowest BCUT2D eigenvalue weighted by molar-refractivity contribution is 0.106. The lowest BCUT2D eigenvalue weighted by Crippen LogP contribution is -2.31. The van der Waals surface area contributed by atoms with Gasteiger partial charge in [0.1, 0.15) is 18.5 Å². The lowest BCUT2D eigenvalue weighted by Gasteiger charge is -2.13. The highest BCUT2D eigenvalue weighted by Crippen LogP contribution is 2.26. The highest BCUT2D eigenvalue weighted by molar-refractivity contribution is 7.07. The van der Waals surface area contributed by atoms with Crippen LogP contribution in [-0.4, -0.2) is 24.4 Å². The SMILES string of the molecule is OC(CNCc1ccsc1)COc1ccc(Cl)c(Cl)c1. The second-order valence-electron chi connectivity index (χ2n) is 4.30. The molecule has 2 rings (SSSR count). The van der Waals surface area contributed by atoms with Crippen LogP contribution in [0.2, 0.25) is 10.0 Å². The first-order valence-electron chi connectivity index (χ1n) is 6.13. The molecular formula is C14H15Cl2NO2S. The van der Waals surface area contributed by atoms with Gasteiger partial charge in [0, 0.05) is 19.2 Å². The highest BCUT2D eigenvalue weighted by Gasteiger charge is 2.06. The first-order chi connectivity index (χ1) is 9.65. The van der Waals surface area contributed by atoms with Crippen LogP contribution in [0.1, 0.15) is 5.56 Å². The van der Waals surface area contributed by atoms with Gasteiger partial charge in [0.15, 0.2) is 0 Å². The zero-order valence-electron chi connectivity index (χ0n) is 10.7. The summed E-state index contributed by atoms with van der Waals surface area (Å²) < 4.78 is 5.46. The van der Waals surface area contributed by atoms with E-state index in [1.807, 2.05) is 5.38 Å². The van der Waals surface area contributed by atoms with E-state index in [2.05, 4.69) is 16.8 Å². The number of benzene rings is 1. The van der Waals surface area contributed by atoms with Crippen LogP contribution in [0.5, 0.6) is 5.75 Å². The summed E-state index contributed by atoms with van der Waals surface area (Å²) in [6.07, 6.45) is -0.580. The van der Waals surface area contributed by atoms with Crippen molar-refractivity contribution in [2.24, 2.45) is 0 Å². The Bertz CT molecular complexity index is 534. The third kappa shape index (κ3) is 4.96. The molecule has 0 aliphatic carbocycles. The van der Waals surface area contributed by atoms with Gasteiger partial charge in [-0.1, -0.05) is 23.2 Å². The van der Waals surface area contributed by atoms with Gasteiger partial charge in [-0.3, -0.25) is 0 Å². The molecule has 108 valence electrons. The van der Waals surface area contributed by atoms with Gasteiger partial charge in [0.05, 0.1) is 10.0 Å². The van der Waals surface area contributed by atoms with E-state index < -0.39 is 6.10 Å². The van der Waals surface area contributed by atoms with E-state index in [-0.39, 0.29) is 6.61 Å². The van der Waals surface area contributed by atoms with E-state index in [1.54, 1.807) is 29.5 Å². The van der Waals surface area contributed by atoms with Crippen LogP contribution in [-0.2, 0) is 6.54 Å². The van der Waals surface area contributed by atoms with Crippen LogP contribution in [0, 0.1) is 0 Å². The summed E-state index contributed by atoms with van der Waals surface area (Å²) in [6.45, 7) is 1.42. The van der Waals surface area contributed by atoms with Crippen molar-refractivity contribution in [3.63, 3.8) is 0 Å². The lowest BCUT2D eigenvalue weighted by atomic mass is 10.3. The van der Waals surface area contributed by atoms with Crippen molar-refractivity contribution in [3.8, 4) is 5.75 Å². The van der Waals surface area contributed by atoms with Crippen molar-refractivity contribution >= 4 is 34.5 Å². The molecule has 0 aliphatic heterocycles. The zero-order chi connectivity index (χ0) is 14.4. The van der Waals surface area contributed by atoms with E-state index >= 15 is 0 Å². The van der Waals surface area contributed by atoms with Crippen LogP contribution in [0.4, 0.5) is 0 Å². The normalized spacial score (nSPS) is 12.3. The fourth-order valence-corrected chi connectivity index (χ4v) is 2.55. The number of aliphatic hydroxyl groups excluding tert-OH is 1. The fraction of sp³-hybridized carbons (Fsp3) is 0.286. The molecule has 1 heterocycles. The number of aliphatic hydroxyl groups is 1. The number of thiophene rings is 1. The van der Waals surface area contributed by atoms with E-state index in [0.717, 1.165) is 6.54 Å². The van der Waals surface area contributed by atoms with Crippen molar-refractivity contribution in [1.82, 2.24) is 5.32 Å². The minimum absolute atomic E-state index is 0.203. The smallest absolute Gasteiger partial charge is 0.121 e. The molecule has 0 amide bonds. The van der Waals surface area contributed by atoms with Crippen molar-refractivity contribution in [2.45, 2.75) is 12.6 Å². The van der Waals surface area contributed by atoms with Crippen molar-refractivity contribution in [1.29, 1.82) is 0 Å². The van der Waals surface area contributed by atoms with Gasteiger partial charge < -0.3 is 15.2 Å². The summed E-state index contributed by atoms with van der Waals surface area (Å²) in [5, 5.41) is 18.0. The Morgan fingerprint density at radius 2 is 2.10 bits per heavy atom. The van der Waals surface area contributed by atoms with Crippen molar-refractivity contribution in [2.75, 3.05) is 13.2 Å². The summed E-state index contributed by atoms with van der Waals surface area (Å²) in [5.41, 5.74) is 1.22. The molecule has 1 atom stereocenters. The molecule has 0 bridgehead atoms. The minimum atomic E-state index is -0.580. The fourth-order valence-electron chi connectivity index (χ4n) is 1.59. The van der Waals surface area contributed by atoms with Crippen LogP contribution in [0.25, 0.3) is 0 Å². The summed E-state index contributed by atoms with van der Waals surface area (Å²) in [6, 6.07) is 7.08. The maximum absolute atomic E-state index is 9.82. The van der Waals surface area contributed by atoms with Gasteiger partial charge in [-0.25, -0.2) is 0 Å². The molecule has 0 radical (unpaired) electrons. The van der Waals surface area contributed by atoms with Gasteiger partial charge in [0.2, 0.25) is 0 Å². The monoisotopic (exact) mass is 331 g/mol. The average molecular weight is 332 g/mol. The Hall–Kier alpha value is -0.780. The van der Waals surface area contributed by atoms with Crippen LogP contribution in [0.15, 0.2) is 35.0 Å². The van der Waals surface area contributed by atoms with Crippen molar-refractivity contribution < 1.29 is 9.84 Å². The van der Waals surface area contributed by atoms with E-state index in [9.17, 15) is 5.11 Å². The van der Waals surface area contributed by atoms with Gasteiger partial charge in [-0.05, 0) is 34.5 Å². The average Bonchev–Trinajstić information content (AvgIpc) is 2.93. The molecule has 6 heteroatoms. The third-order valence-corrected chi connectivity index (χ3v) is 4.09. The molecular weight excluding hydrogens is 317 g/mol.